The average molecular weight is 352 g/mol. The van der Waals surface area contributed by atoms with Crippen LogP contribution in [0.25, 0.3) is 0 Å². The zero-order valence-electron chi connectivity index (χ0n) is 16.6. The highest BCUT2D eigenvalue weighted by Gasteiger charge is 2.37. The molecule has 0 aromatic heterocycles. The van der Waals surface area contributed by atoms with Gasteiger partial charge in [-0.25, -0.2) is 0 Å². The molecule has 1 aliphatic rings. The molecule has 0 radical (unpaired) electrons. The van der Waals surface area contributed by atoms with Gasteiger partial charge in [-0.05, 0) is 19.3 Å². The molecule has 2 atom stereocenters. The van der Waals surface area contributed by atoms with Gasteiger partial charge in [0.05, 0.1) is 6.04 Å². The van der Waals surface area contributed by atoms with Gasteiger partial charge < -0.3 is 10.0 Å². The number of carbonyl (C=O) groups is 2. The predicted molar refractivity (Wildman–Crippen MR) is 103 cm³/mol. The number of aliphatic hydroxyl groups is 1. The molecule has 144 valence electrons. The number of hydrogen-bond donors (Lipinski definition) is 1. The van der Waals surface area contributed by atoms with Gasteiger partial charge in [0.15, 0.2) is 5.78 Å². The Labute approximate surface area is 153 Å². The Morgan fingerprint density at radius 2 is 1.64 bits per heavy atom. The third-order valence-corrected chi connectivity index (χ3v) is 5.45. The molecular formula is C21H37NO3. The van der Waals surface area contributed by atoms with Crippen LogP contribution in [0.4, 0.5) is 0 Å². The summed E-state index contributed by atoms with van der Waals surface area (Å²) in [5, 5.41) is 9.99. The van der Waals surface area contributed by atoms with Crippen LogP contribution in [-0.2, 0) is 9.59 Å². The number of amides is 1. The van der Waals surface area contributed by atoms with Crippen molar-refractivity contribution in [2.45, 2.75) is 97.4 Å². The van der Waals surface area contributed by atoms with Crippen LogP contribution in [-0.4, -0.2) is 34.8 Å². The van der Waals surface area contributed by atoms with E-state index < -0.39 is 0 Å². The van der Waals surface area contributed by atoms with Gasteiger partial charge in [-0.1, -0.05) is 71.6 Å². The van der Waals surface area contributed by atoms with Crippen LogP contribution in [0, 0.1) is 5.92 Å². The second-order valence-corrected chi connectivity index (χ2v) is 7.68. The summed E-state index contributed by atoms with van der Waals surface area (Å²) in [6.45, 7) is 6.22. The zero-order chi connectivity index (χ0) is 18.8. The van der Waals surface area contributed by atoms with E-state index in [1.54, 1.807) is 14.0 Å². The molecule has 0 aromatic rings. The van der Waals surface area contributed by atoms with Crippen molar-refractivity contribution < 1.29 is 14.7 Å². The van der Waals surface area contributed by atoms with E-state index >= 15 is 0 Å². The lowest BCUT2D eigenvalue weighted by atomic mass is 9.95. The Balaban J connectivity index is 2.18. The maximum absolute atomic E-state index is 12.3. The fourth-order valence-corrected chi connectivity index (χ4v) is 3.45. The Bertz CT molecular complexity index is 470. The van der Waals surface area contributed by atoms with Crippen molar-refractivity contribution in [1.82, 2.24) is 4.90 Å². The molecule has 1 N–H and O–H groups in total. The van der Waals surface area contributed by atoms with E-state index in [-0.39, 0.29) is 29.1 Å². The van der Waals surface area contributed by atoms with Crippen molar-refractivity contribution in [1.29, 1.82) is 0 Å². The summed E-state index contributed by atoms with van der Waals surface area (Å²) in [4.78, 5) is 25.7. The number of carbonyl (C=O) groups excluding carboxylic acids is 2. The van der Waals surface area contributed by atoms with Crippen LogP contribution in [0.2, 0.25) is 0 Å². The topological polar surface area (TPSA) is 57.6 Å². The van der Waals surface area contributed by atoms with E-state index in [0.29, 0.717) is 12.3 Å². The second-order valence-electron chi connectivity index (χ2n) is 7.68. The van der Waals surface area contributed by atoms with E-state index in [1.807, 2.05) is 0 Å². The van der Waals surface area contributed by atoms with E-state index in [2.05, 4.69) is 13.8 Å². The lowest BCUT2D eigenvalue weighted by Crippen LogP contribution is -2.30. The van der Waals surface area contributed by atoms with Gasteiger partial charge in [0.1, 0.15) is 11.3 Å². The molecule has 0 aromatic carbocycles. The molecule has 1 rings (SSSR count). The summed E-state index contributed by atoms with van der Waals surface area (Å²) >= 11 is 0. The van der Waals surface area contributed by atoms with Gasteiger partial charge in [0.25, 0.3) is 5.91 Å². The van der Waals surface area contributed by atoms with Gasteiger partial charge in [0.2, 0.25) is 0 Å². The molecule has 25 heavy (non-hydrogen) atoms. The minimum atomic E-state index is -0.386. The average Bonchev–Trinajstić information content (AvgIpc) is 2.77. The SMILES string of the molecule is CCCCCCCCC[C@H](C)CCCC(=O)C1=C(O)[C@@H](C)N(C)C1=O. The molecule has 0 fully saturated rings. The van der Waals surface area contributed by atoms with E-state index in [9.17, 15) is 14.7 Å². The molecule has 4 nitrogen and oxygen atoms in total. The first-order chi connectivity index (χ1) is 11.9. The molecule has 1 heterocycles. The summed E-state index contributed by atoms with van der Waals surface area (Å²) in [7, 11) is 1.62. The Morgan fingerprint density at radius 1 is 1.08 bits per heavy atom. The molecule has 0 aliphatic carbocycles. The smallest absolute Gasteiger partial charge is 0.261 e. The summed E-state index contributed by atoms with van der Waals surface area (Å²) in [5.41, 5.74) is 0.00901. The predicted octanol–water partition coefficient (Wildman–Crippen LogP) is 5.18. The molecular weight excluding hydrogens is 314 g/mol. The summed E-state index contributed by atoms with van der Waals surface area (Å²) in [6, 6.07) is -0.386. The minimum absolute atomic E-state index is 0.00901. The number of rotatable bonds is 13. The Kier molecular flexibility index (Phi) is 9.84. The van der Waals surface area contributed by atoms with Gasteiger partial charge in [0, 0.05) is 13.5 Å². The lowest BCUT2D eigenvalue weighted by Gasteiger charge is -2.14. The van der Waals surface area contributed by atoms with E-state index in [1.165, 1.54) is 56.3 Å². The number of nitrogens with zero attached hydrogens (tertiary/aromatic N) is 1. The first-order valence-corrected chi connectivity index (χ1v) is 10.1. The van der Waals surface area contributed by atoms with Crippen molar-refractivity contribution in [3.05, 3.63) is 11.3 Å². The number of aliphatic hydroxyl groups excluding tert-OH is 1. The second kappa shape index (κ2) is 11.3. The van der Waals surface area contributed by atoms with E-state index in [4.69, 9.17) is 0 Å². The van der Waals surface area contributed by atoms with Crippen LogP contribution in [0.5, 0.6) is 0 Å². The van der Waals surface area contributed by atoms with Crippen molar-refractivity contribution in [2.24, 2.45) is 5.92 Å². The molecule has 1 aliphatic heterocycles. The molecule has 0 saturated carbocycles. The first kappa shape index (κ1) is 21.7. The Morgan fingerprint density at radius 3 is 2.20 bits per heavy atom. The largest absolute Gasteiger partial charge is 0.509 e. The maximum Gasteiger partial charge on any atom is 0.261 e. The van der Waals surface area contributed by atoms with Gasteiger partial charge in [-0.3, -0.25) is 9.59 Å². The highest BCUT2D eigenvalue weighted by molar-refractivity contribution is 6.21. The summed E-state index contributed by atoms with van der Waals surface area (Å²) < 4.78 is 0. The first-order valence-electron chi connectivity index (χ1n) is 10.1. The normalized spacial score (nSPS) is 19.0. The number of Topliss-reactive ketones (excluding diaryl/α,β-unsaturated/α-hetero) is 1. The van der Waals surface area contributed by atoms with Crippen LogP contribution < -0.4 is 0 Å². The van der Waals surface area contributed by atoms with Crippen LogP contribution in [0.15, 0.2) is 11.3 Å². The number of ketones is 1. The van der Waals surface area contributed by atoms with Crippen molar-refractivity contribution >= 4 is 11.7 Å². The third kappa shape index (κ3) is 6.83. The summed E-state index contributed by atoms with van der Waals surface area (Å²) in [6.07, 6.45) is 12.7. The lowest BCUT2D eigenvalue weighted by molar-refractivity contribution is -0.128. The van der Waals surface area contributed by atoms with Crippen molar-refractivity contribution in [3.63, 3.8) is 0 Å². The van der Waals surface area contributed by atoms with Gasteiger partial charge >= 0.3 is 0 Å². The zero-order valence-corrected chi connectivity index (χ0v) is 16.6. The van der Waals surface area contributed by atoms with Gasteiger partial charge in [-0.2, -0.15) is 0 Å². The maximum atomic E-state index is 12.3. The Hall–Kier alpha value is -1.32. The highest BCUT2D eigenvalue weighted by atomic mass is 16.3. The number of hydrogen-bond acceptors (Lipinski definition) is 3. The quantitative estimate of drug-likeness (QED) is 0.367. The van der Waals surface area contributed by atoms with Crippen LogP contribution >= 0.6 is 0 Å². The molecule has 0 saturated heterocycles. The van der Waals surface area contributed by atoms with Crippen molar-refractivity contribution in [3.8, 4) is 0 Å². The third-order valence-electron chi connectivity index (χ3n) is 5.45. The molecule has 0 spiro atoms. The van der Waals surface area contributed by atoms with Crippen molar-refractivity contribution in [2.75, 3.05) is 7.05 Å². The standard InChI is InChI=1S/C21H37NO3/c1-5-6-7-8-9-10-11-13-16(2)14-12-15-18(23)19-20(24)17(3)22(4)21(19)25/h16-17,24H,5-15H2,1-4H3/t16-,17+/m0/s1. The molecule has 4 heteroatoms. The number of unbranched alkanes of at least 4 members (excludes halogenated alkanes) is 6. The minimum Gasteiger partial charge on any atom is -0.509 e. The fourth-order valence-electron chi connectivity index (χ4n) is 3.45. The molecule has 0 bridgehead atoms. The molecule has 0 unspecified atom stereocenters. The van der Waals surface area contributed by atoms with Gasteiger partial charge in [-0.15, -0.1) is 0 Å². The number of likely N-dealkylation sites (N-methyl/N-ethyl adjacent to an activating group) is 1. The van der Waals surface area contributed by atoms with Crippen LogP contribution in [0.1, 0.15) is 91.4 Å². The highest BCUT2D eigenvalue weighted by Crippen LogP contribution is 2.25. The monoisotopic (exact) mass is 351 g/mol. The van der Waals surface area contributed by atoms with E-state index in [0.717, 1.165) is 12.8 Å². The molecule has 1 amide bonds. The summed E-state index contributed by atoms with van der Waals surface area (Å²) in [5.74, 6) is 0.00784. The van der Waals surface area contributed by atoms with Crippen LogP contribution in [0.3, 0.4) is 0 Å². The fraction of sp³-hybridized carbons (Fsp3) is 0.810.